The lowest BCUT2D eigenvalue weighted by Gasteiger charge is -2.23. The van der Waals surface area contributed by atoms with E-state index in [9.17, 15) is 0 Å². The SMILES string of the molecule is CCc1ccc(C(C)(C)C)c(OC2CC2)c1. The van der Waals surface area contributed by atoms with Gasteiger partial charge in [0.25, 0.3) is 0 Å². The maximum absolute atomic E-state index is 6.03. The van der Waals surface area contributed by atoms with Crippen molar-refractivity contribution in [2.24, 2.45) is 0 Å². The summed E-state index contributed by atoms with van der Waals surface area (Å²) >= 11 is 0. The molecular formula is C15H22O. The highest BCUT2D eigenvalue weighted by atomic mass is 16.5. The molecule has 0 bridgehead atoms. The van der Waals surface area contributed by atoms with Gasteiger partial charge >= 0.3 is 0 Å². The molecule has 1 aromatic rings. The number of ether oxygens (including phenoxy) is 1. The highest BCUT2D eigenvalue weighted by Crippen LogP contribution is 2.36. The average Bonchev–Trinajstić information content (AvgIpc) is 3.00. The second-order valence-corrected chi connectivity index (χ2v) is 5.75. The lowest BCUT2D eigenvalue weighted by molar-refractivity contribution is 0.294. The van der Waals surface area contributed by atoms with Gasteiger partial charge in [0, 0.05) is 0 Å². The van der Waals surface area contributed by atoms with Crippen molar-refractivity contribution in [2.75, 3.05) is 0 Å². The zero-order valence-electron chi connectivity index (χ0n) is 10.8. The third-order valence-electron chi connectivity index (χ3n) is 3.08. The number of aryl methyl sites for hydroxylation is 1. The molecule has 1 nitrogen and oxygen atoms in total. The average molecular weight is 218 g/mol. The Morgan fingerprint density at radius 3 is 2.44 bits per heavy atom. The van der Waals surface area contributed by atoms with E-state index in [2.05, 4.69) is 45.9 Å². The monoisotopic (exact) mass is 218 g/mol. The fourth-order valence-corrected chi connectivity index (χ4v) is 1.87. The molecule has 16 heavy (non-hydrogen) atoms. The van der Waals surface area contributed by atoms with Crippen LogP contribution in [-0.4, -0.2) is 6.10 Å². The van der Waals surface area contributed by atoms with E-state index in [0.717, 1.165) is 12.2 Å². The maximum Gasteiger partial charge on any atom is 0.123 e. The van der Waals surface area contributed by atoms with Gasteiger partial charge in [-0.25, -0.2) is 0 Å². The molecule has 0 atom stereocenters. The van der Waals surface area contributed by atoms with Gasteiger partial charge in [0.2, 0.25) is 0 Å². The van der Waals surface area contributed by atoms with E-state index in [0.29, 0.717) is 6.10 Å². The third-order valence-corrected chi connectivity index (χ3v) is 3.08. The Balaban J connectivity index is 2.33. The summed E-state index contributed by atoms with van der Waals surface area (Å²) in [5.74, 6) is 1.11. The van der Waals surface area contributed by atoms with Gasteiger partial charge in [-0.1, -0.05) is 39.8 Å². The summed E-state index contributed by atoms with van der Waals surface area (Å²) in [6, 6.07) is 6.68. The van der Waals surface area contributed by atoms with Crippen LogP contribution in [0.3, 0.4) is 0 Å². The summed E-state index contributed by atoms with van der Waals surface area (Å²) in [5, 5.41) is 0. The van der Waals surface area contributed by atoms with Crippen molar-refractivity contribution in [2.45, 2.75) is 58.5 Å². The van der Waals surface area contributed by atoms with Gasteiger partial charge < -0.3 is 4.74 Å². The zero-order valence-corrected chi connectivity index (χ0v) is 10.8. The van der Waals surface area contributed by atoms with E-state index in [-0.39, 0.29) is 5.41 Å². The van der Waals surface area contributed by atoms with Crippen molar-refractivity contribution >= 4 is 0 Å². The van der Waals surface area contributed by atoms with Crippen molar-refractivity contribution in [3.63, 3.8) is 0 Å². The highest BCUT2D eigenvalue weighted by Gasteiger charge is 2.27. The lowest BCUT2D eigenvalue weighted by atomic mass is 9.85. The third kappa shape index (κ3) is 2.58. The Morgan fingerprint density at radius 1 is 1.25 bits per heavy atom. The molecule has 0 unspecified atom stereocenters. The molecule has 1 saturated carbocycles. The molecule has 0 N–H and O–H groups in total. The van der Waals surface area contributed by atoms with Crippen LogP contribution < -0.4 is 4.74 Å². The Labute approximate surface area is 98.8 Å². The van der Waals surface area contributed by atoms with Crippen molar-refractivity contribution < 1.29 is 4.74 Å². The molecule has 0 spiro atoms. The summed E-state index contributed by atoms with van der Waals surface area (Å²) in [4.78, 5) is 0. The van der Waals surface area contributed by atoms with E-state index >= 15 is 0 Å². The fraction of sp³-hybridized carbons (Fsp3) is 0.600. The van der Waals surface area contributed by atoms with Gasteiger partial charge in [0.15, 0.2) is 0 Å². The summed E-state index contributed by atoms with van der Waals surface area (Å²) in [7, 11) is 0. The van der Waals surface area contributed by atoms with Gasteiger partial charge in [-0.15, -0.1) is 0 Å². The molecular weight excluding hydrogens is 196 g/mol. The number of benzene rings is 1. The van der Waals surface area contributed by atoms with Crippen LogP contribution in [-0.2, 0) is 11.8 Å². The highest BCUT2D eigenvalue weighted by molar-refractivity contribution is 5.42. The summed E-state index contributed by atoms with van der Waals surface area (Å²) in [5.41, 5.74) is 2.86. The molecule has 0 aliphatic heterocycles. The van der Waals surface area contributed by atoms with Crippen molar-refractivity contribution in [1.29, 1.82) is 0 Å². The van der Waals surface area contributed by atoms with Crippen LogP contribution in [0.5, 0.6) is 5.75 Å². The number of hydrogen-bond acceptors (Lipinski definition) is 1. The number of hydrogen-bond donors (Lipinski definition) is 0. The minimum absolute atomic E-state index is 0.163. The van der Waals surface area contributed by atoms with E-state index in [1.807, 2.05) is 0 Å². The van der Waals surface area contributed by atoms with E-state index in [4.69, 9.17) is 4.74 Å². The molecule has 1 aromatic carbocycles. The lowest BCUT2D eigenvalue weighted by Crippen LogP contribution is -2.14. The molecule has 88 valence electrons. The second kappa shape index (κ2) is 4.12. The van der Waals surface area contributed by atoms with Crippen LogP contribution in [0.15, 0.2) is 18.2 Å². The molecule has 0 radical (unpaired) electrons. The molecule has 1 fully saturated rings. The minimum Gasteiger partial charge on any atom is -0.490 e. The quantitative estimate of drug-likeness (QED) is 0.742. The molecule has 0 heterocycles. The van der Waals surface area contributed by atoms with Crippen LogP contribution in [0.25, 0.3) is 0 Å². The minimum atomic E-state index is 0.163. The summed E-state index contributed by atoms with van der Waals surface area (Å²) < 4.78 is 6.03. The van der Waals surface area contributed by atoms with E-state index in [1.54, 1.807) is 0 Å². The van der Waals surface area contributed by atoms with Gasteiger partial charge in [0.1, 0.15) is 5.75 Å². The van der Waals surface area contributed by atoms with Crippen molar-refractivity contribution in [1.82, 2.24) is 0 Å². The molecule has 0 amide bonds. The molecule has 0 aromatic heterocycles. The van der Waals surface area contributed by atoms with E-state index in [1.165, 1.54) is 24.0 Å². The Kier molecular flexibility index (Phi) is 2.96. The Bertz CT molecular complexity index is 370. The second-order valence-electron chi connectivity index (χ2n) is 5.75. The standard InChI is InChI=1S/C15H22O/c1-5-11-6-9-13(15(2,3)4)14(10-11)16-12-7-8-12/h6,9-10,12H,5,7-8H2,1-4H3. The first-order valence-electron chi connectivity index (χ1n) is 6.31. The maximum atomic E-state index is 6.03. The molecule has 0 saturated heterocycles. The molecule has 1 heteroatoms. The van der Waals surface area contributed by atoms with Gasteiger partial charge in [-0.3, -0.25) is 0 Å². The Morgan fingerprint density at radius 2 is 1.94 bits per heavy atom. The first-order valence-corrected chi connectivity index (χ1v) is 6.31. The van der Waals surface area contributed by atoms with Crippen LogP contribution in [0, 0.1) is 0 Å². The summed E-state index contributed by atoms with van der Waals surface area (Å²) in [6.45, 7) is 8.92. The smallest absolute Gasteiger partial charge is 0.123 e. The van der Waals surface area contributed by atoms with Gasteiger partial charge in [-0.2, -0.15) is 0 Å². The van der Waals surface area contributed by atoms with Gasteiger partial charge in [-0.05, 0) is 41.9 Å². The first-order chi connectivity index (χ1) is 7.50. The Hall–Kier alpha value is -0.980. The fourth-order valence-electron chi connectivity index (χ4n) is 1.87. The van der Waals surface area contributed by atoms with Crippen molar-refractivity contribution in [3.05, 3.63) is 29.3 Å². The number of rotatable bonds is 3. The van der Waals surface area contributed by atoms with Crippen LogP contribution in [0.4, 0.5) is 0 Å². The van der Waals surface area contributed by atoms with E-state index < -0.39 is 0 Å². The molecule has 1 aliphatic rings. The first kappa shape index (κ1) is 11.5. The summed E-state index contributed by atoms with van der Waals surface area (Å²) in [6.07, 6.45) is 4.00. The largest absolute Gasteiger partial charge is 0.490 e. The van der Waals surface area contributed by atoms with Crippen LogP contribution >= 0.6 is 0 Å². The predicted octanol–water partition coefficient (Wildman–Crippen LogP) is 4.09. The van der Waals surface area contributed by atoms with Crippen LogP contribution in [0.1, 0.15) is 51.7 Å². The zero-order chi connectivity index (χ0) is 11.8. The normalized spacial score (nSPS) is 16.2. The molecule has 1 aliphatic carbocycles. The van der Waals surface area contributed by atoms with Crippen molar-refractivity contribution in [3.8, 4) is 5.75 Å². The van der Waals surface area contributed by atoms with Crippen LogP contribution in [0.2, 0.25) is 0 Å². The topological polar surface area (TPSA) is 9.23 Å². The molecule has 2 rings (SSSR count). The predicted molar refractivity (Wildman–Crippen MR) is 68.2 cm³/mol. The van der Waals surface area contributed by atoms with Gasteiger partial charge in [0.05, 0.1) is 6.10 Å².